The molecule has 118 valence electrons. The van der Waals surface area contributed by atoms with Crippen molar-refractivity contribution in [1.29, 1.82) is 0 Å². The number of ether oxygens (including phenoxy) is 2. The van der Waals surface area contributed by atoms with Crippen molar-refractivity contribution in [2.75, 3.05) is 40.0 Å². The van der Waals surface area contributed by atoms with Crippen molar-refractivity contribution < 1.29 is 14.3 Å². The van der Waals surface area contributed by atoms with Gasteiger partial charge in [-0.2, -0.15) is 0 Å². The lowest BCUT2D eigenvalue weighted by atomic mass is 9.92. The van der Waals surface area contributed by atoms with Gasteiger partial charge in [0.1, 0.15) is 5.75 Å². The first kappa shape index (κ1) is 17.8. The Kier molecular flexibility index (Phi) is 8.12. The Morgan fingerprint density at radius 1 is 1.33 bits per heavy atom. The molecule has 0 radical (unpaired) electrons. The number of rotatable bonds is 7. The summed E-state index contributed by atoms with van der Waals surface area (Å²) in [7, 11) is 1.67. The largest absolute Gasteiger partial charge is 0.493 e. The highest BCUT2D eigenvalue weighted by Gasteiger charge is 2.26. The number of carbonyl (C=O) groups is 1. The second-order valence-corrected chi connectivity index (χ2v) is 4.76. The summed E-state index contributed by atoms with van der Waals surface area (Å²) in [6.07, 6.45) is 0.736. The zero-order valence-electron chi connectivity index (χ0n) is 12.3. The van der Waals surface area contributed by atoms with Crippen molar-refractivity contribution in [3.63, 3.8) is 0 Å². The van der Waals surface area contributed by atoms with Crippen LogP contribution in [0.1, 0.15) is 17.9 Å². The molecule has 1 aromatic rings. The van der Waals surface area contributed by atoms with Crippen LogP contribution < -0.4 is 15.4 Å². The van der Waals surface area contributed by atoms with Crippen molar-refractivity contribution in [3.8, 4) is 5.75 Å². The van der Waals surface area contributed by atoms with Gasteiger partial charge in [0, 0.05) is 32.3 Å². The number of amides is 1. The minimum atomic E-state index is -0.0982. The molecule has 2 rings (SSSR count). The lowest BCUT2D eigenvalue weighted by molar-refractivity contribution is -0.123. The van der Waals surface area contributed by atoms with Crippen LogP contribution in [0.3, 0.4) is 0 Å². The molecular formula is C15H23ClN2O3. The molecule has 0 fully saturated rings. The Balaban J connectivity index is 0.00000220. The molecule has 1 amide bonds. The number of methoxy groups -OCH3 is 1. The number of carbonyl (C=O) groups excluding carboxylic acids is 1. The number of halogens is 1. The van der Waals surface area contributed by atoms with Crippen LogP contribution >= 0.6 is 12.4 Å². The Morgan fingerprint density at radius 2 is 2.14 bits per heavy atom. The van der Waals surface area contributed by atoms with Gasteiger partial charge in [-0.1, -0.05) is 18.2 Å². The highest BCUT2D eigenvalue weighted by molar-refractivity contribution is 5.85. The van der Waals surface area contributed by atoms with Crippen molar-refractivity contribution in [3.05, 3.63) is 29.8 Å². The second kappa shape index (κ2) is 9.60. The molecule has 21 heavy (non-hydrogen) atoms. The normalized spacial score (nSPS) is 16.3. The third-order valence-corrected chi connectivity index (χ3v) is 3.36. The van der Waals surface area contributed by atoms with E-state index in [1.807, 2.05) is 24.3 Å². The lowest BCUT2D eigenvalue weighted by Crippen LogP contribution is -2.37. The summed E-state index contributed by atoms with van der Waals surface area (Å²) in [4.78, 5) is 12.2. The number of fused-ring (bicyclic) bond motifs is 1. The van der Waals surface area contributed by atoms with Gasteiger partial charge in [-0.05, 0) is 12.5 Å². The van der Waals surface area contributed by atoms with Crippen molar-refractivity contribution >= 4 is 18.3 Å². The van der Waals surface area contributed by atoms with Crippen LogP contribution in [0.15, 0.2) is 24.3 Å². The third-order valence-electron chi connectivity index (χ3n) is 3.36. The van der Waals surface area contributed by atoms with E-state index in [2.05, 4.69) is 10.6 Å². The van der Waals surface area contributed by atoms with Crippen LogP contribution in [-0.4, -0.2) is 45.9 Å². The summed E-state index contributed by atoms with van der Waals surface area (Å²) in [5.41, 5.74) is 0.989. The van der Waals surface area contributed by atoms with Crippen molar-refractivity contribution in [1.82, 2.24) is 10.6 Å². The van der Waals surface area contributed by atoms with Gasteiger partial charge in [-0.3, -0.25) is 4.79 Å². The fraction of sp³-hybridized carbons (Fsp3) is 0.533. The van der Waals surface area contributed by atoms with E-state index in [1.165, 1.54) is 0 Å². The maximum absolute atomic E-state index is 12.2. The number of para-hydroxylation sites is 1. The highest BCUT2D eigenvalue weighted by Crippen LogP contribution is 2.33. The molecule has 5 nitrogen and oxygen atoms in total. The van der Waals surface area contributed by atoms with Gasteiger partial charge in [-0.25, -0.2) is 0 Å². The number of benzene rings is 1. The number of hydrogen-bond acceptors (Lipinski definition) is 4. The fourth-order valence-electron chi connectivity index (χ4n) is 2.31. The predicted molar refractivity (Wildman–Crippen MR) is 84.3 cm³/mol. The number of nitrogens with one attached hydrogen (secondary N) is 2. The molecule has 1 heterocycles. The lowest BCUT2D eigenvalue weighted by Gasteiger charge is -2.25. The van der Waals surface area contributed by atoms with Crippen LogP contribution in [0, 0.1) is 0 Å². The van der Waals surface area contributed by atoms with E-state index in [9.17, 15) is 4.79 Å². The van der Waals surface area contributed by atoms with Crippen molar-refractivity contribution in [2.24, 2.45) is 0 Å². The van der Waals surface area contributed by atoms with Crippen LogP contribution in [0.5, 0.6) is 5.75 Å². The average Bonchev–Trinajstić information content (AvgIpc) is 2.50. The average molecular weight is 315 g/mol. The van der Waals surface area contributed by atoms with E-state index in [0.717, 1.165) is 30.8 Å². The topological polar surface area (TPSA) is 59.6 Å². The van der Waals surface area contributed by atoms with Crippen LogP contribution in [0.2, 0.25) is 0 Å². The van der Waals surface area contributed by atoms with E-state index in [-0.39, 0.29) is 24.2 Å². The van der Waals surface area contributed by atoms with Crippen LogP contribution in [0.25, 0.3) is 0 Å². The molecule has 1 atom stereocenters. The molecule has 0 bridgehead atoms. The molecule has 1 aliphatic heterocycles. The molecule has 0 aliphatic carbocycles. The summed E-state index contributed by atoms with van der Waals surface area (Å²) in [6.45, 7) is 3.46. The van der Waals surface area contributed by atoms with Crippen molar-refractivity contribution in [2.45, 2.75) is 12.3 Å². The molecule has 0 saturated heterocycles. The van der Waals surface area contributed by atoms with E-state index in [0.29, 0.717) is 19.8 Å². The first-order valence-corrected chi connectivity index (χ1v) is 7.02. The molecule has 0 spiro atoms. The van der Waals surface area contributed by atoms with E-state index < -0.39 is 0 Å². The SMILES string of the molecule is COCCNCCNC(=O)C1CCOc2ccccc21.Cl. The minimum absolute atomic E-state index is 0. The first-order valence-electron chi connectivity index (χ1n) is 7.02. The predicted octanol–water partition coefficient (Wildman–Crippen LogP) is 1.33. The maximum Gasteiger partial charge on any atom is 0.227 e. The first-order chi connectivity index (χ1) is 9.83. The highest BCUT2D eigenvalue weighted by atomic mass is 35.5. The molecule has 1 unspecified atom stereocenters. The minimum Gasteiger partial charge on any atom is -0.493 e. The molecule has 0 aromatic heterocycles. The summed E-state index contributed by atoms with van der Waals surface area (Å²) in [6, 6.07) is 7.76. The molecule has 0 saturated carbocycles. The van der Waals surface area contributed by atoms with Gasteiger partial charge in [0.25, 0.3) is 0 Å². The quantitative estimate of drug-likeness (QED) is 0.745. The summed E-state index contributed by atoms with van der Waals surface area (Å²) in [5, 5.41) is 6.17. The Morgan fingerprint density at radius 3 is 2.95 bits per heavy atom. The Hall–Kier alpha value is -1.30. The zero-order valence-corrected chi connectivity index (χ0v) is 13.1. The van der Waals surface area contributed by atoms with Gasteiger partial charge in [-0.15, -0.1) is 12.4 Å². The monoisotopic (exact) mass is 314 g/mol. The Bertz CT molecular complexity index is 443. The van der Waals surface area contributed by atoms with Gasteiger partial charge >= 0.3 is 0 Å². The molecule has 2 N–H and O–H groups in total. The third kappa shape index (κ3) is 5.19. The number of hydrogen-bond donors (Lipinski definition) is 2. The second-order valence-electron chi connectivity index (χ2n) is 4.76. The van der Waals surface area contributed by atoms with Gasteiger partial charge in [0.15, 0.2) is 0 Å². The van der Waals surface area contributed by atoms with Gasteiger partial charge in [0.05, 0.1) is 19.1 Å². The fourth-order valence-corrected chi connectivity index (χ4v) is 2.31. The summed E-state index contributed by atoms with van der Waals surface area (Å²) >= 11 is 0. The maximum atomic E-state index is 12.2. The van der Waals surface area contributed by atoms with Gasteiger partial charge in [0.2, 0.25) is 5.91 Å². The van der Waals surface area contributed by atoms with Gasteiger partial charge < -0.3 is 20.1 Å². The summed E-state index contributed by atoms with van der Waals surface area (Å²) in [5.74, 6) is 0.810. The van der Waals surface area contributed by atoms with Crippen LogP contribution in [0.4, 0.5) is 0 Å². The van der Waals surface area contributed by atoms with E-state index in [4.69, 9.17) is 9.47 Å². The molecule has 1 aromatic carbocycles. The van der Waals surface area contributed by atoms with E-state index in [1.54, 1.807) is 7.11 Å². The zero-order chi connectivity index (χ0) is 14.2. The standard InChI is InChI=1S/C15H22N2O3.ClH/c1-19-11-9-16-7-8-17-15(18)13-6-10-20-14-5-3-2-4-12(13)14;/h2-5,13,16H,6-11H2,1H3,(H,17,18);1H. The molecule has 6 heteroatoms. The Labute approximate surface area is 131 Å². The van der Waals surface area contributed by atoms with Crippen LogP contribution in [-0.2, 0) is 9.53 Å². The van der Waals surface area contributed by atoms with E-state index >= 15 is 0 Å². The molecular weight excluding hydrogens is 292 g/mol. The molecule has 1 aliphatic rings. The summed E-state index contributed by atoms with van der Waals surface area (Å²) < 4.78 is 10.5. The smallest absolute Gasteiger partial charge is 0.227 e.